The molecule has 2 amide bonds. The fourth-order valence-corrected chi connectivity index (χ4v) is 2.96. The first kappa shape index (κ1) is 14.6. The highest BCUT2D eigenvalue weighted by Crippen LogP contribution is 2.28. The molecule has 0 unspecified atom stereocenters. The Morgan fingerprint density at radius 3 is 2.77 bits per heavy atom. The first-order chi connectivity index (χ1) is 10.5. The molecule has 1 fully saturated rings. The van der Waals surface area contributed by atoms with Crippen molar-refractivity contribution >= 4 is 11.7 Å². The van der Waals surface area contributed by atoms with E-state index in [1.807, 2.05) is 34.0 Å². The van der Waals surface area contributed by atoms with E-state index in [4.69, 9.17) is 0 Å². The van der Waals surface area contributed by atoms with Crippen molar-refractivity contribution in [1.82, 2.24) is 14.7 Å². The number of anilines is 1. The molecule has 1 saturated heterocycles. The Bertz CT molecular complexity index is 648. The van der Waals surface area contributed by atoms with E-state index < -0.39 is 0 Å². The smallest absolute Gasteiger partial charge is 0.319 e. The molecule has 5 heteroatoms. The van der Waals surface area contributed by atoms with Gasteiger partial charge in [0.15, 0.2) is 0 Å². The Hall–Kier alpha value is -2.30. The lowest BCUT2D eigenvalue weighted by atomic mass is 10.0. The zero-order chi connectivity index (χ0) is 15.6. The van der Waals surface area contributed by atoms with E-state index in [1.165, 1.54) is 5.56 Å². The minimum atomic E-state index is -0.0654. The van der Waals surface area contributed by atoms with Crippen LogP contribution in [0.5, 0.6) is 0 Å². The molecule has 0 radical (unpaired) electrons. The zero-order valence-electron chi connectivity index (χ0n) is 13.1. The number of rotatable bonds is 3. The maximum atomic E-state index is 12.4. The normalized spacial score (nSPS) is 16.7. The molecule has 1 aliphatic heterocycles. The van der Waals surface area contributed by atoms with E-state index >= 15 is 0 Å². The molecule has 1 aromatic carbocycles. The van der Waals surface area contributed by atoms with E-state index in [-0.39, 0.29) is 11.6 Å². The van der Waals surface area contributed by atoms with E-state index in [0.29, 0.717) is 6.54 Å². The summed E-state index contributed by atoms with van der Waals surface area (Å²) in [5, 5.41) is 7.26. The van der Waals surface area contributed by atoms with Crippen molar-refractivity contribution in [3.05, 3.63) is 48.3 Å². The van der Waals surface area contributed by atoms with Gasteiger partial charge in [0, 0.05) is 18.3 Å². The van der Waals surface area contributed by atoms with Crippen molar-refractivity contribution in [2.75, 3.05) is 11.9 Å². The first-order valence-electron chi connectivity index (χ1n) is 7.70. The van der Waals surface area contributed by atoms with Crippen LogP contribution < -0.4 is 5.32 Å². The summed E-state index contributed by atoms with van der Waals surface area (Å²) < 4.78 is 1.83. The third-order valence-electron chi connectivity index (χ3n) is 4.22. The van der Waals surface area contributed by atoms with Crippen LogP contribution in [0.25, 0.3) is 0 Å². The lowest BCUT2D eigenvalue weighted by Crippen LogP contribution is -2.44. The van der Waals surface area contributed by atoms with Crippen LogP contribution in [0.15, 0.2) is 42.7 Å². The number of carbonyl (C=O) groups excluding carboxylic acids is 1. The average molecular weight is 298 g/mol. The van der Waals surface area contributed by atoms with Crippen molar-refractivity contribution in [1.29, 1.82) is 0 Å². The summed E-state index contributed by atoms with van der Waals surface area (Å²) in [7, 11) is 0. The molecule has 0 spiro atoms. The van der Waals surface area contributed by atoms with Gasteiger partial charge in [0.25, 0.3) is 0 Å². The van der Waals surface area contributed by atoms with Gasteiger partial charge in [-0.2, -0.15) is 5.10 Å². The SMILES string of the molecule is CC1(C)CCCN1C(=O)Nc1cnn(Cc2ccccc2)c1. The highest BCUT2D eigenvalue weighted by atomic mass is 16.2. The number of benzene rings is 1. The summed E-state index contributed by atoms with van der Waals surface area (Å²) in [5.41, 5.74) is 1.86. The molecule has 116 valence electrons. The predicted octanol–water partition coefficient (Wildman–Crippen LogP) is 3.34. The maximum absolute atomic E-state index is 12.4. The molecule has 22 heavy (non-hydrogen) atoms. The number of nitrogens with one attached hydrogen (secondary N) is 1. The van der Waals surface area contributed by atoms with Crippen LogP contribution in [-0.2, 0) is 6.54 Å². The number of hydrogen-bond donors (Lipinski definition) is 1. The number of hydrogen-bond acceptors (Lipinski definition) is 2. The van der Waals surface area contributed by atoms with E-state index in [0.717, 1.165) is 25.1 Å². The third kappa shape index (κ3) is 3.13. The zero-order valence-corrected chi connectivity index (χ0v) is 13.1. The molecule has 0 bridgehead atoms. The minimum Gasteiger partial charge on any atom is -0.319 e. The summed E-state index contributed by atoms with van der Waals surface area (Å²) in [5.74, 6) is 0. The third-order valence-corrected chi connectivity index (χ3v) is 4.22. The largest absolute Gasteiger partial charge is 0.322 e. The van der Waals surface area contributed by atoms with Crippen molar-refractivity contribution in [2.45, 2.75) is 38.8 Å². The molecule has 2 heterocycles. The van der Waals surface area contributed by atoms with Crippen LogP contribution in [-0.4, -0.2) is 32.8 Å². The summed E-state index contributed by atoms with van der Waals surface area (Å²) in [6, 6.07) is 10.1. The summed E-state index contributed by atoms with van der Waals surface area (Å²) >= 11 is 0. The summed E-state index contributed by atoms with van der Waals surface area (Å²) in [6.45, 7) is 5.74. The maximum Gasteiger partial charge on any atom is 0.322 e. The molecule has 0 saturated carbocycles. The Kier molecular flexibility index (Phi) is 3.88. The first-order valence-corrected chi connectivity index (χ1v) is 7.70. The van der Waals surface area contributed by atoms with Gasteiger partial charge in [0.2, 0.25) is 0 Å². The summed E-state index contributed by atoms with van der Waals surface area (Å²) in [6.07, 6.45) is 5.68. The highest BCUT2D eigenvalue weighted by molar-refractivity contribution is 5.89. The second-order valence-corrected chi connectivity index (χ2v) is 6.41. The van der Waals surface area contributed by atoms with Crippen molar-refractivity contribution in [3.8, 4) is 0 Å². The Balaban J connectivity index is 1.63. The monoisotopic (exact) mass is 298 g/mol. The van der Waals surface area contributed by atoms with Crippen LogP contribution in [0.1, 0.15) is 32.3 Å². The van der Waals surface area contributed by atoms with E-state index in [1.54, 1.807) is 6.20 Å². The van der Waals surface area contributed by atoms with Gasteiger partial charge >= 0.3 is 6.03 Å². The van der Waals surface area contributed by atoms with Crippen LogP contribution in [0, 0.1) is 0 Å². The number of likely N-dealkylation sites (tertiary alicyclic amines) is 1. The second-order valence-electron chi connectivity index (χ2n) is 6.41. The van der Waals surface area contributed by atoms with Gasteiger partial charge in [0.05, 0.1) is 18.4 Å². The second kappa shape index (κ2) is 5.83. The standard InChI is InChI=1S/C17H22N4O/c1-17(2)9-6-10-21(17)16(22)19-15-11-18-20(13-15)12-14-7-4-3-5-8-14/h3-5,7-8,11,13H,6,9-10,12H2,1-2H3,(H,19,22). The number of aromatic nitrogens is 2. The van der Waals surface area contributed by atoms with Crippen LogP contribution >= 0.6 is 0 Å². The van der Waals surface area contributed by atoms with Gasteiger partial charge < -0.3 is 10.2 Å². The number of carbonyl (C=O) groups is 1. The molecular weight excluding hydrogens is 276 g/mol. The quantitative estimate of drug-likeness (QED) is 0.945. The molecule has 2 aromatic rings. The Morgan fingerprint density at radius 2 is 2.09 bits per heavy atom. The number of amides is 2. The van der Waals surface area contributed by atoms with Gasteiger partial charge in [-0.05, 0) is 32.3 Å². The van der Waals surface area contributed by atoms with Crippen LogP contribution in [0.4, 0.5) is 10.5 Å². The van der Waals surface area contributed by atoms with Crippen molar-refractivity contribution in [2.24, 2.45) is 0 Å². The number of urea groups is 1. The van der Waals surface area contributed by atoms with Gasteiger partial charge in [-0.25, -0.2) is 4.79 Å². The molecule has 1 aliphatic rings. The molecule has 5 nitrogen and oxygen atoms in total. The molecule has 1 N–H and O–H groups in total. The summed E-state index contributed by atoms with van der Waals surface area (Å²) in [4.78, 5) is 14.3. The lowest BCUT2D eigenvalue weighted by Gasteiger charge is -2.31. The molecule has 0 aliphatic carbocycles. The van der Waals surface area contributed by atoms with E-state index in [2.05, 4.69) is 36.4 Å². The number of nitrogens with zero attached hydrogens (tertiary/aromatic N) is 3. The Labute approximate surface area is 130 Å². The average Bonchev–Trinajstić information content (AvgIpc) is 3.06. The van der Waals surface area contributed by atoms with Crippen LogP contribution in [0.2, 0.25) is 0 Å². The van der Waals surface area contributed by atoms with Gasteiger partial charge in [-0.1, -0.05) is 30.3 Å². The fraction of sp³-hybridized carbons (Fsp3) is 0.412. The Morgan fingerprint density at radius 1 is 1.32 bits per heavy atom. The van der Waals surface area contributed by atoms with Gasteiger partial charge in [0.1, 0.15) is 0 Å². The van der Waals surface area contributed by atoms with Crippen molar-refractivity contribution in [3.63, 3.8) is 0 Å². The van der Waals surface area contributed by atoms with Gasteiger partial charge in [-0.15, -0.1) is 0 Å². The highest BCUT2D eigenvalue weighted by Gasteiger charge is 2.35. The molecule has 3 rings (SSSR count). The van der Waals surface area contributed by atoms with Crippen LogP contribution in [0.3, 0.4) is 0 Å². The molecule has 1 aromatic heterocycles. The molecule has 0 atom stereocenters. The lowest BCUT2D eigenvalue weighted by molar-refractivity contribution is 0.178. The van der Waals surface area contributed by atoms with Crippen molar-refractivity contribution < 1.29 is 4.79 Å². The predicted molar refractivity (Wildman–Crippen MR) is 86.8 cm³/mol. The van der Waals surface area contributed by atoms with Gasteiger partial charge in [-0.3, -0.25) is 4.68 Å². The topological polar surface area (TPSA) is 50.2 Å². The van der Waals surface area contributed by atoms with E-state index in [9.17, 15) is 4.79 Å². The fourth-order valence-electron chi connectivity index (χ4n) is 2.96. The minimum absolute atomic E-state index is 0.0400. The molecular formula is C17H22N4O.